The summed E-state index contributed by atoms with van der Waals surface area (Å²) < 4.78 is 23.0. The van der Waals surface area contributed by atoms with Crippen molar-refractivity contribution >= 4 is 11.8 Å². The topological polar surface area (TPSA) is 108 Å². The van der Waals surface area contributed by atoms with Gasteiger partial charge in [-0.25, -0.2) is 4.39 Å². The van der Waals surface area contributed by atoms with Crippen LogP contribution in [0.3, 0.4) is 0 Å². The fourth-order valence-electron chi connectivity index (χ4n) is 1.92. The minimum Gasteiger partial charge on any atom is -0.399 e. The molecule has 3 aromatic rings. The molecule has 106 valence electrons. The van der Waals surface area contributed by atoms with E-state index in [-0.39, 0.29) is 17.3 Å². The van der Waals surface area contributed by atoms with Crippen LogP contribution >= 0.6 is 0 Å². The highest BCUT2D eigenvalue weighted by Gasteiger charge is 2.22. The molecule has 2 N–H and O–H groups in total. The fraction of sp³-hybridized carbons (Fsp3) is 0. The smallest absolute Gasteiger partial charge is 0.399 e. The summed E-state index contributed by atoms with van der Waals surface area (Å²) >= 11 is 0. The molecule has 0 bridgehead atoms. The van der Waals surface area contributed by atoms with E-state index in [1.807, 2.05) is 0 Å². The lowest BCUT2D eigenvalue weighted by molar-refractivity contribution is -0.401. The van der Waals surface area contributed by atoms with Gasteiger partial charge in [-0.05, 0) is 23.8 Å². The number of aromatic nitrogens is 1. The van der Waals surface area contributed by atoms with Gasteiger partial charge in [0.05, 0.1) is 11.6 Å². The summed E-state index contributed by atoms with van der Waals surface area (Å²) in [6.45, 7) is 0. The number of nitrogen functional groups attached to an aromatic ring is 1. The highest BCUT2D eigenvalue weighted by atomic mass is 19.1. The van der Waals surface area contributed by atoms with Gasteiger partial charge in [-0.15, -0.1) is 0 Å². The maximum absolute atomic E-state index is 13.0. The van der Waals surface area contributed by atoms with E-state index in [1.54, 1.807) is 0 Å². The van der Waals surface area contributed by atoms with E-state index in [0.717, 1.165) is 0 Å². The summed E-state index contributed by atoms with van der Waals surface area (Å²) in [5.41, 5.74) is 6.88. The van der Waals surface area contributed by atoms with Gasteiger partial charge in [-0.2, -0.15) is 0 Å². The number of furan rings is 1. The summed E-state index contributed by atoms with van der Waals surface area (Å²) in [4.78, 5) is 9.98. The van der Waals surface area contributed by atoms with E-state index in [0.29, 0.717) is 11.1 Å². The van der Waals surface area contributed by atoms with Gasteiger partial charge in [0.2, 0.25) is 5.88 Å². The van der Waals surface area contributed by atoms with Gasteiger partial charge < -0.3 is 14.7 Å². The van der Waals surface area contributed by atoms with E-state index >= 15 is 0 Å². The van der Waals surface area contributed by atoms with Crippen molar-refractivity contribution in [2.45, 2.75) is 0 Å². The van der Waals surface area contributed by atoms with E-state index < -0.39 is 16.6 Å². The molecule has 0 spiro atoms. The van der Waals surface area contributed by atoms with E-state index in [9.17, 15) is 14.5 Å². The minimum atomic E-state index is -0.662. The summed E-state index contributed by atoms with van der Waals surface area (Å²) in [5.74, 6) is -0.669. The Morgan fingerprint density at radius 1 is 1.19 bits per heavy atom. The molecule has 0 aliphatic heterocycles. The van der Waals surface area contributed by atoms with Gasteiger partial charge in [-0.3, -0.25) is 10.1 Å². The number of hydrogen-bond donors (Lipinski definition) is 1. The molecule has 8 heteroatoms. The molecule has 21 heavy (non-hydrogen) atoms. The minimum absolute atomic E-state index is 0.00987. The third-order valence-corrected chi connectivity index (χ3v) is 2.86. The van der Waals surface area contributed by atoms with Crippen LogP contribution in [0.2, 0.25) is 0 Å². The Kier molecular flexibility index (Phi) is 2.90. The molecule has 0 saturated carbocycles. The number of benzene rings is 1. The zero-order valence-corrected chi connectivity index (χ0v) is 10.4. The van der Waals surface area contributed by atoms with Crippen LogP contribution in [0.1, 0.15) is 0 Å². The van der Waals surface area contributed by atoms with Crippen LogP contribution in [-0.2, 0) is 0 Å². The Labute approximate surface area is 116 Å². The normalized spacial score (nSPS) is 10.7. The largest absolute Gasteiger partial charge is 0.433 e. The van der Waals surface area contributed by atoms with Crippen LogP contribution in [0.25, 0.3) is 22.6 Å². The van der Waals surface area contributed by atoms with Gasteiger partial charge in [0.1, 0.15) is 10.7 Å². The summed E-state index contributed by atoms with van der Waals surface area (Å²) in [6, 6.07) is 8.11. The molecule has 0 atom stereocenters. The van der Waals surface area contributed by atoms with Gasteiger partial charge in [0, 0.05) is 0 Å². The van der Waals surface area contributed by atoms with Gasteiger partial charge in [0.15, 0.2) is 11.5 Å². The molecular formula is C13H8FN3O4. The Bertz CT molecular complexity index is 807. The molecule has 0 unspecified atom stereocenters. The van der Waals surface area contributed by atoms with Crippen molar-refractivity contribution in [2.75, 3.05) is 5.73 Å². The average molecular weight is 289 g/mol. The Morgan fingerprint density at radius 2 is 1.90 bits per heavy atom. The van der Waals surface area contributed by atoms with Crippen molar-refractivity contribution in [3.63, 3.8) is 0 Å². The van der Waals surface area contributed by atoms with E-state index in [2.05, 4.69) is 5.16 Å². The molecule has 3 rings (SSSR count). The number of halogens is 1. The highest BCUT2D eigenvalue weighted by Crippen LogP contribution is 2.37. The second-order valence-corrected chi connectivity index (χ2v) is 4.17. The second kappa shape index (κ2) is 4.75. The van der Waals surface area contributed by atoms with Crippen LogP contribution in [0.5, 0.6) is 0 Å². The van der Waals surface area contributed by atoms with Crippen molar-refractivity contribution in [3.05, 3.63) is 52.3 Å². The molecule has 0 amide bonds. The van der Waals surface area contributed by atoms with Crippen LogP contribution in [0, 0.1) is 15.9 Å². The molecule has 0 saturated heterocycles. The average Bonchev–Trinajstić information content (AvgIpc) is 3.06. The van der Waals surface area contributed by atoms with Crippen LogP contribution in [0.4, 0.5) is 16.2 Å². The number of nitrogens with zero attached hydrogens (tertiary/aromatic N) is 2. The van der Waals surface area contributed by atoms with Crippen LogP contribution in [0.15, 0.2) is 45.3 Å². The van der Waals surface area contributed by atoms with E-state index in [4.69, 9.17) is 14.7 Å². The maximum Gasteiger partial charge on any atom is 0.433 e. The van der Waals surface area contributed by atoms with Crippen molar-refractivity contribution in [2.24, 2.45) is 0 Å². The lowest BCUT2D eigenvalue weighted by Gasteiger charge is -2.00. The number of hydrogen-bond acceptors (Lipinski definition) is 6. The quantitative estimate of drug-likeness (QED) is 0.585. The standard InChI is InChI=1S/C13H8FN3O4/c14-8-3-1-7(2-4-8)11-12(16-21-13(11)15)9-5-6-10(20-9)17(18)19/h1-6H,15H2. The molecule has 7 nitrogen and oxygen atoms in total. The van der Waals surface area contributed by atoms with Crippen molar-refractivity contribution in [3.8, 4) is 22.6 Å². The third kappa shape index (κ3) is 2.22. The Morgan fingerprint density at radius 3 is 2.52 bits per heavy atom. The van der Waals surface area contributed by atoms with Crippen molar-refractivity contribution in [1.29, 1.82) is 0 Å². The molecule has 0 aliphatic carbocycles. The fourth-order valence-corrected chi connectivity index (χ4v) is 1.92. The maximum atomic E-state index is 13.0. The lowest BCUT2D eigenvalue weighted by Crippen LogP contribution is -1.87. The molecule has 2 aromatic heterocycles. The summed E-state index contributed by atoms with van der Waals surface area (Å²) in [5, 5.41) is 14.4. The highest BCUT2D eigenvalue weighted by molar-refractivity contribution is 5.85. The monoisotopic (exact) mass is 289 g/mol. The zero-order valence-electron chi connectivity index (χ0n) is 10.4. The first-order valence-corrected chi connectivity index (χ1v) is 5.82. The molecule has 0 aliphatic rings. The lowest BCUT2D eigenvalue weighted by atomic mass is 10.0. The van der Waals surface area contributed by atoms with Gasteiger partial charge in [0.25, 0.3) is 0 Å². The molecule has 0 radical (unpaired) electrons. The Balaban J connectivity index is 2.11. The first-order chi connectivity index (χ1) is 10.1. The summed E-state index contributed by atoms with van der Waals surface area (Å²) in [6.07, 6.45) is 0. The van der Waals surface area contributed by atoms with Gasteiger partial charge >= 0.3 is 5.88 Å². The number of rotatable bonds is 3. The van der Waals surface area contributed by atoms with Crippen LogP contribution in [-0.4, -0.2) is 10.1 Å². The third-order valence-electron chi connectivity index (χ3n) is 2.86. The van der Waals surface area contributed by atoms with Crippen molar-refractivity contribution in [1.82, 2.24) is 5.16 Å². The number of anilines is 1. The first kappa shape index (κ1) is 12.9. The number of nitrogens with two attached hydrogens (primary N) is 1. The first-order valence-electron chi connectivity index (χ1n) is 5.82. The molecule has 1 aromatic carbocycles. The molecule has 0 fully saturated rings. The predicted molar refractivity (Wildman–Crippen MR) is 70.7 cm³/mol. The van der Waals surface area contributed by atoms with Gasteiger partial charge in [-0.1, -0.05) is 17.3 Å². The molecular weight excluding hydrogens is 281 g/mol. The number of nitro groups is 1. The predicted octanol–water partition coefficient (Wildman–Crippen LogP) is 3.23. The van der Waals surface area contributed by atoms with Crippen LogP contribution < -0.4 is 5.73 Å². The van der Waals surface area contributed by atoms with E-state index in [1.165, 1.54) is 36.4 Å². The van der Waals surface area contributed by atoms with Crippen molar-refractivity contribution < 1.29 is 18.3 Å². The Hall–Kier alpha value is -3.16. The molecule has 2 heterocycles. The second-order valence-electron chi connectivity index (χ2n) is 4.17. The summed E-state index contributed by atoms with van der Waals surface area (Å²) in [7, 11) is 0. The SMILES string of the molecule is Nc1onc(-c2ccc([N+](=O)[O-])o2)c1-c1ccc(F)cc1. The zero-order chi connectivity index (χ0) is 15.0.